The quantitative estimate of drug-likeness (QED) is 0.490. The molecule has 0 aromatic rings. The summed E-state index contributed by atoms with van der Waals surface area (Å²) in [4.78, 5) is 0. The van der Waals surface area contributed by atoms with E-state index in [1.54, 1.807) is 0 Å². The van der Waals surface area contributed by atoms with Gasteiger partial charge in [0.25, 0.3) is 0 Å². The molecule has 0 amide bonds. The molecule has 1 radical (unpaired) electrons. The first-order valence-corrected chi connectivity index (χ1v) is 3.01. The lowest BCUT2D eigenvalue weighted by atomic mass is 9.95. The molecule has 1 saturated carbocycles. The van der Waals surface area contributed by atoms with Gasteiger partial charge in [-0.1, -0.05) is 0 Å². The molecule has 8 heavy (non-hydrogen) atoms. The van der Waals surface area contributed by atoms with Crippen molar-refractivity contribution in [2.75, 3.05) is 0 Å². The third kappa shape index (κ3) is 1.46. The van der Waals surface area contributed by atoms with Gasteiger partial charge in [0.05, 0.1) is 12.2 Å². The van der Waals surface area contributed by atoms with Crippen LogP contribution in [-0.4, -0.2) is 16.3 Å². The molecule has 0 spiro atoms. The molecule has 1 unspecified atom stereocenters. The Balaban J connectivity index is 2.23. The number of hydrogen-bond acceptors (Lipinski definition) is 2. The van der Waals surface area contributed by atoms with Crippen molar-refractivity contribution < 1.29 is 10.2 Å². The SMILES string of the molecule is O[C]1CCCC(O)C1. The normalized spacial score (nSPS) is 33.0. The molecule has 1 aliphatic rings. The molecule has 0 heterocycles. The third-order valence-corrected chi connectivity index (χ3v) is 1.47. The zero-order chi connectivity index (χ0) is 5.98. The lowest BCUT2D eigenvalue weighted by Crippen LogP contribution is -2.17. The van der Waals surface area contributed by atoms with Crippen LogP contribution in [0.5, 0.6) is 0 Å². The lowest BCUT2D eigenvalue weighted by Gasteiger charge is -2.19. The largest absolute Gasteiger partial charge is 0.393 e. The van der Waals surface area contributed by atoms with Crippen molar-refractivity contribution in [3.8, 4) is 0 Å². The van der Waals surface area contributed by atoms with Gasteiger partial charge in [0, 0.05) is 6.42 Å². The predicted octanol–water partition coefficient (Wildman–Crippen LogP) is 0.826. The minimum Gasteiger partial charge on any atom is -0.393 e. The average molecular weight is 115 g/mol. The van der Waals surface area contributed by atoms with Gasteiger partial charge < -0.3 is 10.2 Å². The van der Waals surface area contributed by atoms with E-state index in [2.05, 4.69) is 0 Å². The van der Waals surface area contributed by atoms with Gasteiger partial charge in [0.1, 0.15) is 0 Å². The average Bonchev–Trinajstić information content (AvgIpc) is 1.64. The van der Waals surface area contributed by atoms with E-state index < -0.39 is 0 Å². The summed E-state index contributed by atoms with van der Waals surface area (Å²) >= 11 is 0. The first-order valence-electron chi connectivity index (χ1n) is 3.01. The highest BCUT2D eigenvalue weighted by Gasteiger charge is 2.17. The molecule has 2 N–H and O–H groups in total. The first kappa shape index (κ1) is 6.05. The van der Waals surface area contributed by atoms with Gasteiger partial charge in [-0.2, -0.15) is 0 Å². The summed E-state index contributed by atoms with van der Waals surface area (Å²) in [7, 11) is 0. The van der Waals surface area contributed by atoms with E-state index >= 15 is 0 Å². The molecule has 1 atom stereocenters. The molecule has 1 fully saturated rings. The molecule has 0 aromatic heterocycles. The van der Waals surface area contributed by atoms with Gasteiger partial charge in [0.2, 0.25) is 0 Å². The molecule has 1 rings (SSSR count). The Bertz CT molecular complexity index is 64.9. The summed E-state index contributed by atoms with van der Waals surface area (Å²) in [5.41, 5.74) is 0. The van der Waals surface area contributed by atoms with Crippen molar-refractivity contribution in [2.45, 2.75) is 31.8 Å². The van der Waals surface area contributed by atoms with Crippen LogP contribution in [0.4, 0.5) is 0 Å². The van der Waals surface area contributed by atoms with Crippen LogP contribution in [0.15, 0.2) is 0 Å². The molecular formula is C6H11O2. The van der Waals surface area contributed by atoms with Crippen molar-refractivity contribution in [3.63, 3.8) is 0 Å². The topological polar surface area (TPSA) is 40.5 Å². The fourth-order valence-corrected chi connectivity index (χ4v) is 1.02. The van der Waals surface area contributed by atoms with E-state index in [9.17, 15) is 0 Å². The van der Waals surface area contributed by atoms with Gasteiger partial charge in [-0.25, -0.2) is 0 Å². The van der Waals surface area contributed by atoms with E-state index in [-0.39, 0.29) is 6.10 Å². The van der Waals surface area contributed by atoms with Crippen molar-refractivity contribution in [1.82, 2.24) is 0 Å². The minimum atomic E-state index is -0.274. The van der Waals surface area contributed by atoms with Crippen molar-refractivity contribution in [2.24, 2.45) is 0 Å². The van der Waals surface area contributed by atoms with Crippen LogP contribution < -0.4 is 0 Å². The van der Waals surface area contributed by atoms with E-state index in [1.807, 2.05) is 0 Å². The van der Waals surface area contributed by atoms with Crippen molar-refractivity contribution >= 4 is 0 Å². The van der Waals surface area contributed by atoms with Gasteiger partial charge >= 0.3 is 0 Å². The number of aliphatic hydroxyl groups excluding tert-OH is 2. The summed E-state index contributed by atoms with van der Waals surface area (Å²) in [6.45, 7) is 0. The standard InChI is InChI=1S/C6H11O2/c7-5-2-1-3-6(8)4-5/h5,7-8H,1-4H2. The first-order chi connectivity index (χ1) is 3.79. The Hall–Kier alpha value is -0.0800. The maximum absolute atomic E-state index is 8.90. The van der Waals surface area contributed by atoms with Crippen LogP contribution >= 0.6 is 0 Å². The smallest absolute Gasteiger partial charge is 0.0958 e. The second kappa shape index (κ2) is 2.46. The van der Waals surface area contributed by atoms with Crippen LogP contribution in [0, 0.1) is 6.10 Å². The second-order valence-electron chi connectivity index (χ2n) is 2.32. The Morgan fingerprint density at radius 3 is 2.62 bits per heavy atom. The zero-order valence-corrected chi connectivity index (χ0v) is 4.80. The molecule has 0 aromatic carbocycles. The van der Waals surface area contributed by atoms with Gasteiger partial charge in [-0.15, -0.1) is 0 Å². The fraction of sp³-hybridized carbons (Fsp3) is 0.833. The maximum atomic E-state index is 8.90. The van der Waals surface area contributed by atoms with E-state index in [0.29, 0.717) is 12.5 Å². The summed E-state index contributed by atoms with van der Waals surface area (Å²) in [5, 5.41) is 17.7. The Kier molecular flexibility index (Phi) is 1.86. The van der Waals surface area contributed by atoms with Crippen LogP contribution in [0.2, 0.25) is 0 Å². The van der Waals surface area contributed by atoms with Crippen LogP contribution in [-0.2, 0) is 0 Å². The second-order valence-corrected chi connectivity index (χ2v) is 2.32. The molecule has 47 valence electrons. The number of hydrogen-bond donors (Lipinski definition) is 2. The Labute approximate surface area is 49.1 Å². The highest BCUT2D eigenvalue weighted by Crippen LogP contribution is 2.22. The van der Waals surface area contributed by atoms with E-state index in [1.165, 1.54) is 0 Å². The highest BCUT2D eigenvalue weighted by molar-refractivity contribution is 4.84. The number of aliphatic hydroxyl groups is 2. The predicted molar refractivity (Wildman–Crippen MR) is 29.7 cm³/mol. The van der Waals surface area contributed by atoms with Gasteiger partial charge in [-0.3, -0.25) is 0 Å². The fourth-order valence-electron chi connectivity index (χ4n) is 1.02. The summed E-state index contributed by atoms with van der Waals surface area (Å²) < 4.78 is 0. The van der Waals surface area contributed by atoms with Crippen LogP contribution in [0.3, 0.4) is 0 Å². The monoisotopic (exact) mass is 115 g/mol. The minimum absolute atomic E-state index is 0.274. The van der Waals surface area contributed by atoms with Crippen LogP contribution in [0.1, 0.15) is 25.7 Å². The molecule has 2 heteroatoms. The molecule has 0 bridgehead atoms. The Morgan fingerprint density at radius 1 is 1.50 bits per heavy atom. The van der Waals surface area contributed by atoms with E-state index in [0.717, 1.165) is 19.3 Å². The molecule has 2 nitrogen and oxygen atoms in total. The number of rotatable bonds is 0. The maximum Gasteiger partial charge on any atom is 0.0958 e. The van der Waals surface area contributed by atoms with E-state index in [4.69, 9.17) is 10.2 Å². The van der Waals surface area contributed by atoms with Crippen LogP contribution in [0.25, 0.3) is 0 Å². The summed E-state index contributed by atoms with van der Waals surface area (Å²) in [6.07, 6.45) is 3.26. The van der Waals surface area contributed by atoms with Gasteiger partial charge in [0.15, 0.2) is 0 Å². The van der Waals surface area contributed by atoms with Crippen molar-refractivity contribution in [3.05, 3.63) is 6.10 Å². The lowest BCUT2D eigenvalue weighted by molar-refractivity contribution is 0.0953. The highest BCUT2D eigenvalue weighted by atomic mass is 16.3. The van der Waals surface area contributed by atoms with Crippen molar-refractivity contribution in [1.29, 1.82) is 0 Å². The molecule has 0 aliphatic heterocycles. The Morgan fingerprint density at radius 2 is 2.25 bits per heavy atom. The molecule has 0 saturated heterocycles. The zero-order valence-electron chi connectivity index (χ0n) is 4.80. The summed E-state index contributed by atoms with van der Waals surface area (Å²) in [5.74, 6) is 0. The summed E-state index contributed by atoms with van der Waals surface area (Å²) in [6, 6.07) is 0. The third-order valence-electron chi connectivity index (χ3n) is 1.47. The molecular weight excluding hydrogens is 104 g/mol. The van der Waals surface area contributed by atoms with Gasteiger partial charge in [-0.05, 0) is 19.3 Å². The molecule has 1 aliphatic carbocycles.